The van der Waals surface area contributed by atoms with Gasteiger partial charge in [-0.25, -0.2) is 4.79 Å². The molecule has 1 aliphatic carbocycles. The van der Waals surface area contributed by atoms with Gasteiger partial charge in [0, 0.05) is 0 Å². The molecule has 0 heterocycles. The van der Waals surface area contributed by atoms with Gasteiger partial charge in [0.15, 0.2) is 0 Å². The average molecular weight is 216 g/mol. The zero-order valence-corrected chi connectivity index (χ0v) is 9.71. The van der Waals surface area contributed by atoms with Gasteiger partial charge in [-0.3, -0.25) is 4.89 Å². The molecule has 1 rings (SSSR count). The summed E-state index contributed by atoms with van der Waals surface area (Å²) in [5.74, 6) is 0. The van der Waals surface area contributed by atoms with Crippen molar-refractivity contribution in [2.45, 2.75) is 58.5 Å². The van der Waals surface area contributed by atoms with Crippen molar-refractivity contribution in [3.05, 3.63) is 0 Å². The molecule has 1 fully saturated rings. The van der Waals surface area contributed by atoms with Crippen molar-refractivity contribution in [2.24, 2.45) is 5.41 Å². The van der Waals surface area contributed by atoms with Gasteiger partial charge in [-0.2, -0.15) is 4.89 Å². The van der Waals surface area contributed by atoms with Crippen LogP contribution in [0.15, 0.2) is 0 Å². The van der Waals surface area contributed by atoms with E-state index < -0.39 is 11.8 Å². The van der Waals surface area contributed by atoms with Crippen molar-refractivity contribution in [3.8, 4) is 0 Å². The first-order valence-corrected chi connectivity index (χ1v) is 5.46. The molecule has 1 aliphatic rings. The Labute approximate surface area is 90.5 Å². The Morgan fingerprint density at radius 1 is 1.20 bits per heavy atom. The number of hydrogen-bond donors (Lipinski definition) is 1. The van der Waals surface area contributed by atoms with Crippen LogP contribution in [0, 0.1) is 5.41 Å². The summed E-state index contributed by atoms with van der Waals surface area (Å²) in [6.45, 7) is 6.18. The van der Waals surface area contributed by atoms with E-state index in [0.29, 0.717) is 0 Å². The summed E-state index contributed by atoms with van der Waals surface area (Å²) < 4.78 is 0. The summed E-state index contributed by atoms with van der Waals surface area (Å²) in [4.78, 5) is 19.9. The summed E-state index contributed by atoms with van der Waals surface area (Å²) >= 11 is 0. The Bertz CT molecular complexity index is 223. The fourth-order valence-corrected chi connectivity index (χ4v) is 2.20. The first kappa shape index (κ1) is 12.3. The normalized spacial score (nSPS) is 21.0. The van der Waals surface area contributed by atoms with Crippen LogP contribution < -0.4 is 0 Å². The maximum Gasteiger partial charge on any atom is 0.537 e. The highest BCUT2D eigenvalue weighted by Gasteiger charge is 2.46. The predicted molar refractivity (Wildman–Crippen MR) is 55.5 cm³/mol. The van der Waals surface area contributed by atoms with Crippen LogP contribution >= 0.6 is 0 Å². The molecule has 1 saturated carbocycles. The number of carboxylic acid groups (broad SMARTS) is 1. The van der Waals surface area contributed by atoms with Gasteiger partial charge in [-0.05, 0) is 18.3 Å². The monoisotopic (exact) mass is 216 g/mol. The fourth-order valence-electron chi connectivity index (χ4n) is 2.20. The molecule has 0 atom stereocenters. The van der Waals surface area contributed by atoms with E-state index in [1.807, 2.05) is 0 Å². The number of rotatable bonds is 2. The van der Waals surface area contributed by atoms with Gasteiger partial charge in [0.25, 0.3) is 0 Å². The van der Waals surface area contributed by atoms with E-state index in [9.17, 15) is 4.79 Å². The largest absolute Gasteiger partial charge is 0.537 e. The maximum atomic E-state index is 10.4. The summed E-state index contributed by atoms with van der Waals surface area (Å²) in [5.41, 5.74) is -0.563. The van der Waals surface area contributed by atoms with Gasteiger partial charge < -0.3 is 5.11 Å². The molecule has 0 spiro atoms. The van der Waals surface area contributed by atoms with Crippen molar-refractivity contribution in [1.82, 2.24) is 0 Å². The minimum absolute atomic E-state index is 0.108. The molecule has 0 aromatic heterocycles. The highest BCUT2D eigenvalue weighted by Crippen LogP contribution is 2.44. The molecule has 88 valence electrons. The lowest BCUT2D eigenvalue weighted by Gasteiger charge is -2.44. The third kappa shape index (κ3) is 2.84. The molecule has 0 aromatic rings. The Hall–Kier alpha value is -0.770. The Morgan fingerprint density at radius 3 is 2.13 bits per heavy atom. The Morgan fingerprint density at radius 2 is 1.73 bits per heavy atom. The lowest BCUT2D eigenvalue weighted by Crippen LogP contribution is -2.47. The van der Waals surface area contributed by atoms with Gasteiger partial charge in [0.05, 0.1) is 0 Å². The highest BCUT2D eigenvalue weighted by atomic mass is 17.2. The van der Waals surface area contributed by atoms with E-state index in [4.69, 9.17) is 9.99 Å². The van der Waals surface area contributed by atoms with E-state index >= 15 is 0 Å². The summed E-state index contributed by atoms with van der Waals surface area (Å²) in [5, 5.41) is 8.48. The molecule has 0 aliphatic heterocycles. The van der Waals surface area contributed by atoms with E-state index in [1.54, 1.807) is 0 Å². The van der Waals surface area contributed by atoms with Gasteiger partial charge >= 0.3 is 6.16 Å². The topological polar surface area (TPSA) is 55.8 Å². The molecule has 15 heavy (non-hydrogen) atoms. The molecule has 0 aromatic carbocycles. The lowest BCUT2D eigenvalue weighted by atomic mass is 9.68. The zero-order chi connectivity index (χ0) is 11.5. The van der Waals surface area contributed by atoms with E-state index in [0.717, 1.165) is 25.7 Å². The smallest absolute Gasteiger partial charge is 0.448 e. The maximum absolute atomic E-state index is 10.4. The summed E-state index contributed by atoms with van der Waals surface area (Å²) in [6.07, 6.45) is 3.69. The van der Waals surface area contributed by atoms with Crippen molar-refractivity contribution < 1.29 is 19.7 Å². The van der Waals surface area contributed by atoms with Crippen LogP contribution in [0.25, 0.3) is 0 Å². The molecule has 0 unspecified atom stereocenters. The van der Waals surface area contributed by atoms with Crippen LogP contribution in [-0.4, -0.2) is 16.9 Å². The molecule has 0 saturated heterocycles. The molecule has 4 nitrogen and oxygen atoms in total. The Balaban J connectivity index is 2.71. The zero-order valence-electron chi connectivity index (χ0n) is 9.71. The summed E-state index contributed by atoms with van der Waals surface area (Å²) in [7, 11) is 0. The first-order chi connectivity index (χ1) is 6.87. The van der Waals surface area contributed by atoms with Gasteiger partial charge in [0.2, 0.25) is 0 Å². The fraction of sp³-hybridized carbons (Fsp3) is 0.909. The van der Waals surface area contributed by atoms with Crippen LogP contribution in [-0.2, 0) is 9.78 Å². The molecule has 0 radical (unpaired) electrons. The molecule has 0 amide bonds. The molecular formula is C11H20O4. The SMILES string of the molecule is CC(C)(C)C1(OOC(=O)O)CCCCC1. The predicted octanol–water partition coefficient (Wildman–Crippen LogP) is 3.36. The third-order valence-corrected chi connectivity index (χ3v) is 3.30. The second-order valence-corrected chi connectivity index (χ2v) is 5.24. The molecule has 0 bridgehead atoms. The van der Waals surface area contributed by atoms with Crippen molar-refractivity contribution >= 4 is 6.16 Å². The number of carbonyl (C=O) groups is 1. The van der Waals surface area contributed by atoms with Gasteiger partial charge in [-0.1, -0.05) is 40.0 Å². The minimum Gasteiger partial charge on any atom is -0.448 e. The molecular weight excluding hydrogens is 196 g/mol. The van der Waals surface area contributed by atoms with E-state index in [2.05, 4.69) is 25.7 Å². The quantitative estimate of drug-likeness (QED) is 0.568. The van der Waals surface area contributed by atoms with Crippen molar-refractivity contribution in [3.63, 3.8) is 0 Å². The van der Waals surface area contributed by atoms with Crippen LogP contribution in [0.1, 0.15) is 52.9 Å². The van der Waals surface area contributed by atoms with Crippen LogP contribution in [0.4, 0.5) is 4.79 Å². The van der Waals surface area contributed by atoms with Crippen LogP contribution in [0.3, 0.4) is 0 Å². The first-order valence-electron chi connectivity index (χ1n) is 5.46. The molecule has 4 heteroatoms. The van der Waals surface area contributed by atoms with Gasteiger partial charge in [-0.15, -0.1) is 0 Å². The van der Waals surface area contributed by atoms with E-state index in [1.165, 1.54) is 6.42 Å². The second-order valence-electron chi connectivity index (χ2n) is 5.24. The minimum atomic E-state index is -1.37. The van der Waals surface area contributed by atoms with Crippen LogP contribution in [0.2, 0.25) is 0 Å². The van der Waals surface area contributed by atoms with Crippen molar-refractivity contribution in [1.29, 1.82) is 0 Å². The number of hydrogen-bond acceptors (Lipinski definition) is 3. The standard InChI is InChI=1S/C11H20O4/c1-10(2,3)11(15-14-9(12)13)7-5-4-6-8-11/h4-8H2,1-3H3,(H,12,13). The van der Waals surface area contributed by atoms with E-state index in [-0.39, 0.29) is 5.41 Å². The average Bonchev–Trinajstić information content (AvgIpc) is 2.14. The lowest BCUT2D eigenvalue weighted by molar-refractivity contribution is -0.356. The molecule has 1 N–H and O–H groups in total. The Kier molecular flexibility index (Phi) is 3.60. The van der Waals surface area contributed by atoms with Crippen molar-refractivity contribution in [2.75, 3.05) is 0 Å². The second kappa shape index (κ2) is 4.39. The van der Waals surface area contributed by atoms with Crippen LogP contribution in [0.5, 0.6) is 0 Å². The highest BCUT2D eigenvalue weighted by molar-refractivity contribution is 5.55. The third-order valence-electron chi connectivity index (χ3n) is 3.30. The van der Waals surface area contributed by atoms with Gasteiger partial charge in [0.1, 0.15) is 5.60 Å². The summed E-state index contributed by atoms with van der Waals surface area (Å²) in [6, 6.07) is 0.